The van der Waals surface area contributed by atoms with Crippen LogP contribution in [0.25, 0.3) is 6.08 Å². The van der Waals surface area contributed by atoms with Crippen LogP contribution in [-0.2, 0) is 19.1 Å². The van der Waals surface area contributed by atoms with Crippen LogP contribution in [0.1, 0.15) is 5.76 Å². The van der Waals surface area contributed by atoms with Crippen molar-refractivity contribution in [3.05, 3.63) is 54.5 Å². The number of benzene rings is 1. The number of fused-ring (bicyclic) bond motifs is 1. The zero-order valence-corrected chi connectivity index (χ0v) is 14.0. The first kappa shape index (κ1) is 18.1. The highest BCUT2D eigenvalue weighted by molar-refractivity contribution is 5.90. The third kappa shape index (κ3) is 5.11. The molecule has 2 heterocycles. The van der Waals surface area contributed by atoms with Crippen molar-refractivity contribution in [3.8, 4) is 11.5 Å². The molecular formula is C18H16N2O7. The SMILES string of the molecule is O=C(COC(=O)/C=C/c1ccco1)NNC(=O)[C@@H]1COc2ccccc2O1. The van der Waals surface area contributed by atoms with Crippen LogP contribution in [0, 0.1) is 0 Å². The van der Waals surface area contributed by atoms with Crippen molar-refractivity contribution in [1.82, 2.24) is 10.9 Å². The fourth-order valence-electron chi connectivity index (χ4n) is 2.12. The Hall–Kier alpha value is -3.75. The van der Waals surface area contributed by atoms with Crippen LogP contribution in [0.3, 0.4) is 0 Å². The Morgan fingerprint density at radius 1 is 1.11 bits per heavy atom. The number of ether oxygens (including phenoxy) is 3. The highest BCUT2D eigenvalue weighted by Gasteiger charge is 2.27. The van der Waals surface area contributed by atoms with E-state index in [1.165, 1.54) is 12.3 Å². The molecule has 2 amide bonds. The molecule has 9 nitrogen and oxygen atoms in total. The second-order valence-corrected chi connectivity index (χ2v) is 5.36. The van der Waals surface area contributed by atoms with Crippen LogP contribution in [0.4, 0.5) is 0 Å². The van der Waals surface area contributed by atoms with Crippen molar-refractivity contribution in [2.75, 3.05) is 13.2 Å². The van der Waals surface area contributed by atoms with Crippen molar-refractivity contribution in [1.29, 1.82) is 0 Å². The molecule has 1 aliphatic rings. The number of furan rings is 1. The molecule has 9 heteroatoms. The monoisotopic (exact) mass is 372 g/mol. The molecule has 0 fully saturated rings. The van der Waals surface area contributed by atoms with Gasteiger partial charge < -0.3 is 18.6 Å². The summed E-state index contributed by atoms with van der Waals surface area (Å²) in [7, 11) is 0. The van der Waals surface area contributed by atoms with E-state index in [0.29, 0.717) is 17.3 Å². The van der Waals surface area contributed by atoms with E-state index in [2.05, 4.69) is 10.9 Å². The van der Waals surface area contributed by atoms with Gasteiger partial charge in [-0.05, 0) is 30.3 Å². The summed E-state index contributed by atoms with van der Waals surface area (Å²) in [5, 5.41) is 0. The van der Waals surface area contributed by atoms with Gasteiger partial charge in [-0.15, -0.1) is 0 Å². The lowest BCUT2D eigenvalue weighted by Gasteiger charge is -2.25. The van der Waals surface area contributed by atoms with E-state index in [0.717, 1.165) is 6.08 Å². The molecular weight excluding hydrogens is 356 g/mol. The fourth-order valence-corrected chi connectivity index (χ4v) is 2.12. The van der Waals surface area contributed by atoms with Gasteiger partial charge in [0.05, 0.1) is 6.26 Å². The normalized spacial score (nSPS) is 15.2. The topological polar surface area (TPSA) is 116 Å². The maximum atomic E-state index is 12.0. The van der Waals surface area contributed by atoms with E-state index < -0.39 is 30.5 Å². The first-order valence-electron chi connectivity index (χ1n) is 7.97. The lowest BCUT2D eigenvalue weighted by Crippen LogP contribution is -2.51. The number of carbonyl (C=O) groups excluding carboxylic acids is 3. The summed E-state index contributed by atoms with van der Waals surface area (Å²) < 4.78 is 20.7. The minimum atomic E-state index is -0.918. The number of hydrogen-bond donors (Lipinski definition) is 2. The standard InChI is InChI=1S/C18H16N2O7/c21-16(11-26-17(22)8-7-12-4-3-9-24-12)19-20-18(23)15-10-25-13-5-1-2-6-14(13)27-15/h1-9,15H,10-11H2,(H,19,21)(H,20,23)/b8-7+/t15-/m0/s1. The summed E-state index contributed by atoms with van der Waals surface area (Å²) in [5.41, 5.74) is 4.33. The Labute approximate surface area is 153 Å². The molecule has 1 atom stereocenters. The average molecular weight is 372 g/mol. The lowest BCUT2D eigenvalue weighted by molar-refractivity contribution is -0.145. The van der Waals surface area contributed by atoms with E-state index in [1.54, 1.807) is 36.4 Å². The molecule has 0 saturated carbocycles. The zero-order valence-electron chi connectivity index (χ0n) is 14.0. The molecule has 1 aliphatic heterocycles. The summed E-state index contributed by atoms with van der Waals surface area (Å²) in [5.74, 6) is -0.580. The molecule has 0 radical (unpaired) electrons. The van der Waals surface area contributed by atoms with Crippen LogP contribution >= 0.6 is 0 Å². The summed E-state index contributed by atoms with van der Waals surface area (Å²) >= 11 is 0. The third-order valence-electron chi connectivity index (χ3n) is 3.40. The highest BCUT2D eigenvalue weighted by Crippen LogP contribution is 2.30. The van der Waals surface area contributed by atoms with Gasteiger partial charge in [0, 0.05) is 6.08 Å². The van der Waals surface area contributed by atoms with Gasteiger partial charge in [-0.2, -0.15) is 0 Å². The molecule has 1 aromatic heterocycles. The third-order valence-corrected chi connectivity index (χ3v) is 3.40. The lowest BCUT2D eigenvalue weighted by atomic mass is 10.2. The van der Waals surface area contributed by atoms with Crippen LogP contribution in [0.15, 0.2) is 53.2 Å². The van der Waals surface area contributed by atoms with E-state index >= 15 is 0 Å². The van der Waals surface area contributed by atoms with E-state index in [4.69, 9.17) is 18.6 Å². The average Bonchev–Trinajstić information content (AvgIpc) is 3.22. The Morgan fingerprint density at radius 2 is 1.93 bits per heavy atom. The first-order valence-corrected chi connectivity index (χ1v) is 7.97. The molecule has 0 unspecified atom stereocenters. The van der Waals surface area contributed by atoms with Gasteiger partial charge in [0.25, 0.3) is 11.8 Å². The van der Waals surface area contributed by atoms with Crippen LogP contribution < -0.4 is 20.3 Å². The minimum Gasteiger partial charge on any atom is -0.485 e. The van der Waals surface area contributed by atoms with Crippen molar-refractivity contribution in [2.45, 2.75) is 6.10 Å². The number of nitrogens with one attached hydrogen (secondary N) is 2. The minimum absolute atomic E-state index is 0.00524. The van der Waals surface area contributed by atoms with Crippen molar-refractivity contribution < 1.29 is 33.0 Å². The number of amides is 2. The van der Waals surface area contributed by atoms with Gasteiger partial charge >= 0.3 is 5.97 Å². The number of hydrazine groups is 1. The summed E-state index contributed by atoms with van der Waals surface area (Å²) in [6.45, 7) is -0.558. The molecule has 0 saturated heterocycles. The van der Waals surface area contributed by atoms with E-state index in [1.807, 2.05) is 0 Å². The van der Waals surface area contributed by atoms with Crippen LogP contribution in [0.2, 0.25) is 0 Å². The Balaban J connectivity index is 1.38. The van der Waals surface area contributed by atoms with Crippen molar-refractivity contribution >= 4 is 23.9 Å². The summed E-state index contributed by atoms with van der Waals surface area (Å²) in [4.78, 5) is 35.2. The zero-order chi connectivity index (χ0) is 19.1. The Kier molecular flexibility index (Phi) is 5.73. The molecule has 2 N–H and O–H groups in total. The highest BCUT2D eigenvalue weighted by atomic mass is 16.6. The van der Waals surface area contributed by atoms with Gasteiger partial charge in [-0.3, -0.25) is 20.4 Å². The van der Waals surface area contributed by atoms with Gasteiger partial charge in [0.15, 0.2) is 18.1 Å². The Bertz CT molecular complexity index is 845. The smallest absolute Gasteiger partial charge is 0.331 e. The maximum absolute atomic E-state index is 12.0. The fraction of sp³-hybridized carbons (Fsp3) is 0.167. The number of hydrogen-bond acceptors (Lipinski definition) is 7. The van der Waals surface area contributed by atoms with Gasteiger partial charge in [-0.25, -0.2) is 4.79 Å². The second-order valence-electron chi connectivity index (χ2n) is 5.36. The molecule has 27 heavy (non-hydrogen) atoms. The number of rotatable bonds is 5. The predicted octanol–water partition coefficient (Wildman–Crippen LogP) is 0.823. The van der Waals surface area contributed by atoms with Gasteiger partial charge in [-0.1, -0.05) is 12.1 Å². The number of para-hydroxylation sites is 2. The molecule has 140 valence electrons. The van der Waals surface area contributed by atoms with E-state index in [9.17, 15) is 14.4 Å². The molecule has 2 aromatic rings. The second kappa shape index (κ2) is 8.56. The molecule has 0 spiro atoms. The molecule has 3 rings (SSSR count). The molecule has 0 aliphatic carbocycles. The number of carbonyl (C=O) groups is 3. The Morgan fingerprint density at radius 3 is 2.70 bits per heavy atom. The predicted molar refractivity (Wildman–Crippen MR) is 91.3 cm³/mol. The summed E-state index contributed by atoms with van der Waals surface area (Å²) in [6, 6.07) is 10.2. The van der Waals surface area contributed by atoms with Gasteiger partial charge in [0.2, 0.25) is 6.10 Å². The first-order chi connectivity index (χ1) is 13.1. The van der Waals surface area contributed by atoms with Crippen LogP contribution in [0.5, 0.6) is 11.5 Å². The summed E-state index contributed by atoms with van der Waals surface area (Å²) in [6.07, 6.45) is 3.06. The largest absolute Gasteiger partial charge is 0.485 e. The molecule has 0 bridgehead atoms. The van der Waals surface area contributed by atoms with Gasteiger partial charge in [0.1, 0.15) is 12.4 Å². The van der Waals surface area contributed by atoms with Crippen LogP contribution in [-0.4, -0.2) is 37.1 Å². The maximum Gasteiger partial charge on any atom is 0.331 e. The quantitative estimate of drug-likeness (QED) is 0.453. The molecule has 1 aromatic carbocycles. The number of esters is 1. The van der Waals surface area contributed by atoms with E-state index in [-0.39, 0.29) is 6.61 Å². The van der Waals surface area contributed by atoms with Crippen molar-refractivity contribution in [3.63, 3.8) is 0 Å². The van der Waals surface area contributed by atoms with Crippen molar-refractivity contribution in [2.24, 2.45) is 0 Å².